The van der Waals surface area contributed by atoms with E-state index < -0.39 is 5.82 Å². The lowest BCUT2D eigenvalue weighted by Crippen LogP contribution is -1.85. The molecule has 3 nitrogen and oxygen atoms in total. The molecule has 0 saturated heterocycles. The number of phenolic OH excluding ortho intramolecular Hbond substituents is 1. The second-order valence-electron chi connectivity index (χ2n) is 2.75. The largest absolute Gasteiger partial charge is 0.507 e. The molecule has 0 fully saturated rings. The molecule has 2 aromatic rings. The number of hydrogen-bond donors (Lipinski definition) is 1. The highest BCUT2D eigenvalue weighted by Crippen LogP contribution is 2.27. The van der Waals surface area contributed by atoms with Crippen LogP contribution in [-0.2, 0) is 0 Å². The Hall–Kier alpha value is -1.97. The maximum atomic E-state index is 12.7. The van der Waals surface area contributed by atoms with E-state index in [0.29, 0.717) is 11.3 Å². The van der Waals surface area contributed by atoms with E-state index in [-0.39, 0.29) is 5.75 Å². The predicted molar refractivity (Wildman–Crippen MR) is 49.1 cm³/mol. The summed E-state index contributed by atoms with van der Waals surface area (Å²) in [5.41, 5.74) is 0.990. The minimum absolute atomic E-state index is 0.134. The van der Waals surface area contributed by atoms with Crippen LogP contribution in [0.1, 0.15) is 0 Å². The molecule has 0 bridgehead atoms. The highest BCUT2D eigenvalue weighted by molar-refractivity contribution is 5.65. The van der Waals surface area contributed by atoms with Gasteiger partial charge in [0, 0.05) is 24.0 Å². The average molecular weight is 190 g/mol. The van der Waals surface area contributed by atoms with Crippen molar-refractivity contribution in [2.24, 2.45) is 0 Å². The Bertz CT molecular complexity index is 445. The van der Waals surface area contributed by atoms with Gasteiger partial charge in [0.25, 0.3) is 0 Å². The van der Waals surface area contributed by atoms with E-state index in [1.165, 1.54) is 30.7 Å². The van der Waals surface area contributed by atoms with Gasteiger partial charge in [0.05, 0.1) is 11.9 Å². The zero-order valence-corrected chi connectivity index (χ0v) is 7.18. The number of rotatable bonds is 1. The van der Waals surface area contributed by atoms with Gasteiger partial charge in [0.1, 0.15) is 11.6 Å². The Morgan fingerprint density at radius 1 is 1.21 bits per heavy atom. The fourth-order valence-corrected chi connectivity index (χ4v) is 1.16. The monoisotopic (exact) mass is 190 g/mol. The summed E-state index contributed by atoms with van der Waals surface area (Å²) in [5.74, 6) is -0.611. The molecule has 0 aliphatic carbocycles. The van der Waals surface area contributed by atoms with Crippen LogP contribution in [0.4, 0.5) is 4.39 Å². The lowest BCUT2D eigenvalue weighted by molar-refractivity contribution is 0.471. The molecule has 1 N–H and O–H groups in total. The van der Waals surface area contributed by atoms with Crippen LogP contribution in [0.25, 0.3) is 11.3 Å². The number of benzene rings is 1. The van der Waals surface area contributed by atoms with Crippen LogP contribution < -0.4 is 0 Å². The summed E-state index contributed by atoms with van der Waals surface area (Å²) in [5, 5.41) is 9.44. The van der Waals surface area contributed by atoms with Gasteiger partial charge in [-0.05, 0) is 12.1 Å². The molecule has 0 spiro atoms. The molecule has 0 aliphatic heterocycles. The second-order valence-corrected chi connectivity index (χ2v) is 2.75. The van der Waals surface area contributed by atoms with Crippen LogP contribution in [-0.4, -0.2) is 15.1 Å². The van der Waals surface area contributed by atoms with Crippen molar-refractivity contribution in [1.29, 1.82) is 0 Å². The smallest absolute Gasteiger partial charge is 0.127 e. The lowest BCUT2D eigenvalue weighted by atomic mass is 10.1. The Morgan fingerprint density at radius 3 is 2.71 bits per heavy atom. The normalized spacial score (nSPS) is 10.1. The molecule has 2 rings (SSSR count). The molecule has 1 aromatic carbocycles. The van der Waals surface area contributed by atoms with Gasteiger partial charge < -0.3 is 5.11 Å². The van der Waals surface area contributed by atoms with E-state index in [2.05, 4.69) is 9.97 Å². The molecule has 0 saturated carbocycles. The van der Waals surface area contributed by atoms with Crippen molar-refractivity contribution < 1.29 is 9.50 Å². The van der Waals surface area contributed by atoms with E-state index >= 15 is 0 Å². The average Bonchev–Trinajstić information content (AvgIpc) is 2.19. The van der Waals surface area contributed by atoms with Gasteiger partial charge in [-0.1, -0.05) is 0 Å². The molecular weight excluding hydrogens is 183 g/mol. The Balaban J connectivity index is 2.53. The lowest BCUT2D eigenvalue weighted by Gasteiger charge is -2.02. The fourth-order valence-electron chi connectivity index (χ4n) is 1.16. The SMILES string of the molecule is Oc1cc(F)ccc1-c1cnccn1. The number of nitrogens with zero attached hydrogens (tertiary/aromatic N) is 2. The standard InChI is InChI=1S/C10H7FN2O/c11-7-1-2-8(10(14)5-7)9-6-12-3-4-13-9/h1-6,14H. The third kappa shape index (κ3) is 1.54. The molecule has 0 atom stereocenters. The fraction of sp³-hybridized carbons (Fsp3) is 0. The van der Waals surface area contributed by atoms with Gasteiger partial charge >= 0.3 is 0 Å². The first-order valence-corrected chi connectivity index (χ1v) is 4.02. The minimum Gasteiger partial charge on any atom is -0.507 e. The van der Waals surface area contributed by atoms with Crippen molar-refractivity contribution in [1.82, 2.24) is 9.97 Å². The van der Waals surface area contributed by atoms with Gasteiger partial charge in [-0.15, -0.1) is 0 Å². The van der Waals surface area contributed by atoms with Crippen molar-refractivity contribution in [2.45, 2.75) is 0 Å². The number of aromatic hydroxyl groups is 1. The summed E-state index contributed by atoms with van der Waals surface area (Å²) in [7, 11) is 0. The molecule has 0 unspecified atom stereocenters. The summed E-state index contributed by atoms with van der Waals surface area (Å²) in [6, 6.07) is 3.78. The quantitative estimate of drug-likeness (QED) is 0.747. The highest BCUT2D eigenvalue weighted by atomic mass is 19.1. The van der Waals surface area contributed by atoms with Crippen LogP contribution in [0.3, 0.4) is 0 Å². The van der Waals surface area contributed by atoms with E-state index in [0.717, 1.165) is 6.07 Å². The minimum atomic E-state index is -0.477. The van der Waals surface area contributed by atoms with Crippen LogP contribution in [0.2, 0.25) is 0 Å². The predicted octanol–water partition coefficient (Wildman–Crippen LogP) is 1.99. The zero-order chi connectivity index (χ0) is 9.97. The third-order valence-corrected chi connectivity index (χ3v) is 1.80. The van der Waals surface area contributed by atoms with Gasteiger partial charge in [-0.2, -0.15) is 0 Å². The molecule has 0 radical (unpaired) electrons. The van der Waals surface area contributed by atoms with E-state index in [9.17, 15) is 9.50 Å². The summed E-state index contributed by atoms with van der Waals surface area (Å²) in [6.07, 6.45) is 4.55. The van der Waals surface area contributed by atoms with Crippen molar-refractivity contribution in [2.75, 3.05) is 0 Å². The summed E-state index contributed by atoms with van der Waals surface area (Å²) >= 11 is 0. The maximum Gasteiger partial charge on any atom is 0.127 e. The first kappa shape index (κ1) is 8.62. The van der Waals surface area contributed by atoms with Crippen LogP contribution in [0, 0.1) is 5.82 Å². The topological polar surface area (TPSA) is 46.0 Å². The van der Waals surface area contributed by atoms with Crippen molar-refractivity contribution >= 4 is 0 Å². The van der Waals surface area contributed by atoms with Gasteiger partial charge in [-0.25, -0.2) is 4.39 Å². The molecule has 0 aliphatic rings. The van der Waals surface area contributed by atoms with E-state index in [1.807, 2.05) is 0 Å². The molecule has 0 amide bonds. The highest BCUT2D eigenvalue weighted by Gasteiger charge is 2.05. The zero-order valence-electron chi connectivity index (χ0n) is 7.18. The van der Waals surface area contributed by atoms with Crippen molar-refractivity contribution in [3.8, 4) is 17.0 Å². The van der Waals surface area contributed by atoms with Crippen LogP contribution in [0.15, 0.2) is 36.8 Å². The Labute approximate surface area is 79.9 Å². The number of halogens is 1. The number of hydrogen-bond acceptors (Lipinski definition) is 3. The maximum absolute atomic E-state index is 12.7. The summed E-state index contributed by atoms with van der Waals surface area (Å²) in [4.78, 5) is 7.85. The number of aromatic nitrogens is 2. The molecule has 1 aromatic heterocycles. The summed E-state index contributed by atoms with van der Waals surface area (Å²) in [6.45, 7) is 0. The molecule has 1 heterocycles. The Morgan fingerprint density at radius 2 is 2.07 bits per heavy atom. The van der Waals surface area contributed by atoms with Crippen molar-refractivity contribution in [3.05, 3.63) is 42.6 Å². The Kier molecular flexibility index (Phi) is 2.10. The van der Waals surface area contributed by atoms with Crippen LogP contribution in [0.5, 0.6) is 5.75 Å². The molecular formula is C10H7FN2O. The third-order valence-electron chi connectivity index (χ3n) is 1.80. The van der Waals surface area contributed by atoms with Crippen molar-refractivity contribution in [3.63, 3.8) is 0 Å². The van der Waals surface area contributed by atoms with Gasteiger partial charge in [0.2, 0.25) is 0 Å². The molecule has 4 heteroatoms. The van der Waals surface area contributed by atoms with E-state index in [1.54, 1.807) is 0 Å². The first-order chi connectivity index (χ1) is 6.77. The van der Waals surface area contributed by atoms with E-state index in [4.69, 9.17) is 0 Å². The summed E-state index contributed by atoms with van der Waals surface area (Å²) < 4.78 is 12.7. The second kappa shape index (κ2) is 3.41. The first-order valence-electron chi connectivity index (χ1n) is 4.02. The molecule has 14 heavy (non-hydrogen) atoms. The number of phenols is 1. The van der Waals surface area contributed by atoms with Crippen LogP contribution >= 0.6 is 0 Å². The van der Waals surface area contributed by atoms with Gasteiger partial charge in [0.15, 0.2) is 0 Å². The van der Waals surface area contributed by atoms with Gasteiger partial charge in [-0.3, -0.25) is 9.97 Å². The molecule has 70 valence electrons.